The molecule has 10 heteroatoms. The Kier molecular flexibility index (Phi) is 8.50. The summed E-state index contributed by atoms with van der Waals surface area (Å²) in [5.74, 6) is -0.649. The first-order valence-corrected chi connectivity index (χ1v) is 13.0. The summed E-state index contributed by atoms with van der Waals surface area (Å²) >= 11 is 0. The van der Waals surface area contributed by atoms with Gasteiger partial charge in [-0.2, -0.15) is 5.26 Å². The lowest BCUT2D eigenvalue weighted by molar-refractivity contribution is 0.0602. The van der Waals surface area contributed by atoms with Gasteiger partial charge < -0.3 is 18.8 Å². The highest BCUT2D eigenvalue weighted by molar-refractivity contribution is 6.02. The fourth-order valence-electron chi connectivity index (χ4n) is 4.63. The Labute approximate surface area is 240 Å². The zero-order valence-electron chi connectivity index (χ0n) is 22.9. The van der Waals surface area contributed by atoms with Gasteiger partial charge in [0.05, 0.1) is 47.6 Å². The molecule has 0 aliphatic rings. The third kappa shape index (κ3) is 5.96. The Morgan fingerprint density at radius 3 is 2.48 bits per heavy atom. The van der Waals surface area contributed by atoms with Crippen molar-refractivity contribution in [2.75, 3.05) is 20.8 Å². The Morgan fingerprint density at radius 2 is 1.74 bits per heavy atom. The lowest BCUT2D eigenvalue weighted by atomic mass is 10.1. The molecule has 0 saturated carbocycles. The smallest absolute Gasteiger partial charge is 0.340 e. The van der Waals surface area contributed by atoms with Crippen LogP contribution in [-0.4, -0.2) is 41.3 Å². The second-order valence-electron chi connectivity index (χ2n) is 9.39. The number of esters is 1. The van der Waals surface area contributed by atoms with Crippen LogP contribution in [0.15, 0.2) is 72.8 Å². The number of imidazole rings is 1. The second-order valence-corrected chi connectivity index (χ2v) is 9.39. The first kappa shape index (κ1) is 28.4. The standard InChI is InChI=1S/C32H26F2N4O4/c1-40-14-13-38-29(36-28-7-3-5-24(31(28)38)32(39)41-2)17-21-11-12-22(16-26(21)34)27-6-4-8-30(37-27)42-19-23-10-9-20(18-35)15-25(23)33/h3-12,15-16H,13-14,17,19H2,1-2H3. The van der Waals surface area contributed by atoms with E-state index in [0.717, 1.165) is 6.07 Å². The van der Waals surface area contributed by atoms with E-state index in [0.29, 0.717) is 52.4 Å². The number of hydrogen-bond donors (Lipinski definition) is 0. The Balaban J connectivity index is 1.38. The van der Waals surface area contributed by atoms with Gasteiger partial charge in [-0.15, -0.1) is 0 Å². The van der Waals surface area contributed by atoms with Gasteiger partial charge in [-0.1, -0.05) is 30.3 Å². The van der Waals surface area contributed by atoms with Gasteiger partial charge in [0.1, 0.15) is 24.1 Å². The molecule has 0 aliphatic carbocycles. The fraction of sp³-hybridized carbons (Fsp3) is 0.188. The highest BCUT2D eigenvalue weighted by Crippen LogP contribution is 2.27. The van der Waals surface area contributed by atoms with Crippen LogP contribution in [0.2, 0.25) is 0 Å². The number of benzene rings is 3. The molecule has 0 atom stereocenters. The molecule has 5 rings (SSSR count). The molecule has 5 aromatic rings. The quantitative estimate of drug-likeness (QED) is 0.195. The normalized spacial score (nSPS) is 10.9. The molecule has 42 heavy (non-hydrogen) atoms. The van der Waals surface area contributed by atoms with Crippen molar-refractivity contribution in [3.05, 3.63) is 113 Å². The molecule has 0 radical (unpaired) electrons. The summed E-state index contributed by atoms with van der Waals surface area (Å²) in [7, 11) is 2.90. The number of carbonyl (C=O) groups is 1. The third-order valence-electron chi connectivity index (χ3n) is 6.75. The lowest BCUT2D eigenvalue weighted by Gasteiger charge is -2.12. The zero-order valence-corrected chi connectivity index (χ0v) is 22.9. The van der Waals surface area contributed by atoms with Crippen LogP contribution >= 0.6 is 0 Å². The maximum atomic E-state index is 15.4. The molecule has 0 saturated heterocycles. The van der Waals surface area contributed by atoms with Crippen LogP contribution in [0, 0.1) is 23.0 Å². The number of carbonyl (C=O) groups excluding carboxylic acids is 1. The van der Waals surface area contributed by atoms with Crippen LogP contribution in [0.4, 0.5) is 8.78 Å². The molecule has 0 N–H and O–H groups in total. The van der Waals surface area contributed by atoms with Crippen LogP contribution in [-0.2, 0) is 29.0 Å². The summed E-state index contributed by atoms with van der Waals surface area (Å²) in [6.07, 6.45) is 0.178. The van der Waals surface area contributed by atoms with Crippen LogP contribution in [0.1, 0.15) is 32.9 Å². The molecule has 0 unspecified atom stereocenters. The number of halogens is 2. The summed E-state index contributed by atoms with van der Waals surface area (Å²) in [4.78, 5) is 21.6. The van der Waals surface area contributed by atoms with E-state index in [9.17, 15) is 9.18 Å². The van der Waals surface area contributed by atoms with Crippen molar-refractivity contribution in [2.24, 2.45) is 0 Å². The van der Waals surface area contributed by atoms with Gasteiger partial charge in [-0.3, -0.25) is 0 Å². The van der Waals surface area contributed by atoms with Crippen molar-refractivity contribution >= 4 is 17.0 Å². The molecule has 2 aromatic heterocycles. The van der Waals surface area contributed by atoms with E-state index in [1.165, 1.54) is 25.3 Å². The highest BCUT2D eigenvalue weighted by Gasteiger charge is 2.20. The second kappa shape index (κ2) is 12.6. The molecule has 0 fully saturated rings. The molecular weight excluding hydrogens is 542 g/mol. The van der Waals surface area contributed by atoms with Gasteiger partial charge in [-0.05, 0) is 42.0 Å². The number of fused-ring (bicyclic) bond motifs is 1. The first-order valence-electron chi connectivity index (χ1n) is 13.0. The molecule has 0 bridgehead atoms. The van der Waals surface area contributed by atoms with Crippen molar-refractivity contribution in [1.82, 2.24) is 14.5 Å². The van der Waals surface area contributed by atoms with E-state index in [4.69, 9.17) is 24.5 Å². The summed E-state index contributed by atoms with van der Waals surface area (Å²) in [5.41, 5.74) is 3.51. The van der Waals surface area contributed by atoms with E-state index in [1.54, 1.807) is 55.6 Å². The number of rotatable bonds is 10. The predicted octanol–water partition coefficient (Wildman–Crippen LogP) is 5.85. The molecule has 0 spiro atoms. The molecule has 212 valence electrons. The summed E-state index contributed by atoms with van der Waals surface area (Å²) < 4.78 is 47.4. The number of para-hydroxylation sites is 1. The Hall–Kier alpha value is -5.14. The monoisotopic (exact) mass is 568 g/mol. The largest absolute Gasteiger partial charge is 0.473 e. The van der Waals surface area contributed by atoms with Gasteiger partial charge >= 0.3 is 5.97 Å². The van der Waals surface area contributed by atoms with Crippen molar-refractivity contribution < 1.29 is 27.8 Å². The van der Waals surface area contributed by atoms with Gasteiger partial charge in [0, 0.05) is 37.3 Å². The van der Waals surface area contributed by atoms with Crippen LogP contribution in [0.3, 0.4) is 0 Å². The fourth-order valence-corrected chi connectivity index (χ4v) is 4.63. The number of ether oxygens (including phenoxy) is 3. The van der Waals surface area contributed by atoms with E-state index < -0.39 is 17.6 Å². The number of methoxy groups -OCH3 is 2. The molecule has 0 aliphatic heterocycles. The minimum absolute atomic E-state index is 0.0803. The molecule has 0 amide bonds. The van der Waals surface area contributed by atoms with E-state index in [1.807, 2.05) is 10.6 Å². The Bertz CT molecular complexity index is 1810. The number of hydrogen-bond acceptors (Lipinski definition) is 7. The predicted molar refractivity (Wildman–Crippen MR) is 151 cm³/mol. The first-order chi connectivity index (χ1) is 20.4. The number of nitrogens with zero attached hydrogens (tertiary/aromatic N) is 4. The topological polar surface area (TPSA) is 99.3 Å². The van der Waals surface area contributed by atoms with Crippen molar-refractivity contribution in [1.29, 1.82) is 5.26 Å². The summed E-state index contributed by atoms with van der Waals surface area (Å²) in [6.45, 7) is 0.708. The number of nitriles is 1. The van der Waals surface area contributed by atoms with E-state index in [2.05, 4.69) is 4.98 Å². The van der Waals surface area contributed by atoms with Gasteiger partial charge in [0.25, 0.3) is 0 Å². The molecule has 2 heterocycles. The van der Waals surface area contributed by atoms with Crippen molar-refractivity contribution in [3.63, 3.8) is 0 Å². The zero-order chi connectivity index (χ0) is 29.6. The summed E-state index contributed by atoms with van der Waals surface area (Å²) in [6, 6.07) is 21.1. The number of aromatic nitrogens is 3. The Morgan fingerprint density at radius 1 is 0.952 bits per heavy atom. The van der Waals surface area contributed by atoms with Crippen molar-refractivity contribution in [2.45, 2.75) is 19.6 Å². The van der Waals surface area contributed by atoms with Gasteiger partial charge in [0.2, 0.25) is 5.88 Å². The van der Waals surface area contributed by atoms with Gasteiger partial charge in [-0.25, -0.2) is 23.5 Å². The maximum Gasteiger partial charge on any atom is 0.340 e. The molecule has 8 nitrogen and oxygen atoms in total. The minimum Gasteiger partial charge on any atom is -0.473 e. The van der Waals surface area contributed by atoms with Crippen LogP contribution in [0.25, 0.3) is 22.3 Å². The average molecular weight is 569 g/mol. The highest BCUT2D eigenvalue weighted by atomic mass is 19.1. The van der Waals surface area contributed by atoms with E-state index in [-0.39, 0.29) is 30.0 Å². The van der Waals surface area contributed by atoms with Crippen LogP contribution < -0.4 is 4.74 Å². The minimum atomic E-state index is -0.542. The number of pyridine rings is 1. The maximum absolute atomic E-state index is 15.4. The molecular formula is C32H26F2N4O4. The molecule has 3 aromatic carbocycles. The van der Waals surface area contributed by atoms with Crippen molar-refractivity contribution in [3.8, 4) is 23.2 Å². The lowest BCUT2D eigenvalue weighted by Crippen LogP contribution is -2.12. The average Bonchev–Trinajstić information content (AvgIpc) is 3.36. The SMILES string of the molecule is COCCn1c(Cc2ccc(-c3cccc(OCc4ccc(C#N)cc4F)n3)cc2F)nc2cccc(C(=O)OC)c21. The third-order valence-corrected chi connectivity index (χ3v) is 6.75. The van der Waals surface area contributed by atoms with E-state index >= 15 is 4.39 Å². The van der Waals surface area contributed by atoms with Crippen LogP contribution in [0.5, 0.6) is 5.88 Å². The summed E-state index contributed by atoms with van der Waals surface area (Å²) in [5, 5.41) is 8.91. The van der Waals surface area contributed by atoms with Gasteiger partial charge in [0.15, 0.2) is 0 Å².